The number of anilines is 2. The molecule has 0 unspecified atom stereocenters. The van der Waals surface area contributed by atoms with Crippen LogP contribution < -0.4 is 10.0 Å². The third-order valence-electron chi connectivity index (χ3n) is 4.34. The molecule has 7 nitrogen and oxygen atoms in total. The van der Waals surface area contributed by atoms with Crippen LogP contribution in [0, 0.1) is 11.6 Å². The van der Waals surface area contributed by atoms with Crippen molar-refractivity contribution in [3.63, 3.8) is 0 Å². The number of carbonyl (C=O) groups excluding carboxylic acids is 1. The van der Waals surface area contributed by atoms with Crippen LogP contribution in [-0.4, -0.2) is 24.5 Å². The van der Waals surface area contributed by atoms with Crippen molar-refractivity contribution in [1.82, 2.24) is 10.2 Å². The monoisotopic (exact) mass is 404 g/mol. The van der Waals surface area contributed by atoms with E-state index < -0.39 is 21.7 Å². The minimum Gasteiger partial charge on any atom is -0.326 e. The Morgan fingerprint density at radius 3 is 2.71 bits per heavy atom. The maximum Gasteiger partial charge on any atom is 0.263 e. The van der Waals surface area contributed by atoms with E-state index in [-0.39, 0.29) is 34.3 Å². The number of sulfonamides is 1. The first-order valence-electron chi connectivity index (χ1n) is 8.29. The van der Waals surface area contributed by atoms with Crippen molar-refractivity contribution < 1.29 is 22.0 Å². The average Bonchev–Trinajstić information content (AvgIpc) is 3.11. The van der Waals surface area contributed by atoms with Crippen molar-refractivity contribution >= 4 is 27.4 Å². The first kappa shape index (κ1) is 18.1. The molecule has 2 heterocycles. The standard InChI is InChI=1S/C18H14F2N4O3S/c19-13-3-1-2-12(18(13)20)15-9-16(23-22-15)24-28(26,27)11-5-6-14-10(8-11)4-7-17(25)21-14/h1-3,5-6,8-9H,4,7H2,(H,21,25)(H2,22,23,24). The van der Waals surface area contributed by atoms with Crippen LogP contribution in [0.15, 0.2) is 47.4 Å². The zero-order chi connectivity index (χ0) is 19.9. The summed E-state index contributed by atoms with van der Waals surface area (Å²) in [6.07, 6.45) is 0.724. The molecule has 0 fully saturated rings. The van der Waals surface area contributed by atoms with Gasteiger partial charge in [-0.2, -0.15) is 5.10 Å². The Kier molecular flexibility index (Phi) is 4.34. The molecule has 3 aromatic rings. The van der Waals surface area contributed by atoms with Crippen LogP contribution in [0.25, 0.3) is 11.3 Å². The fraction of sp³-hybridized carbons (Fsp3) is 0.111. The normalized spacial score (nSPS) is 13.7. The summed E-state index contributed by atoms with van der Waals surface area (Å²) in [6, 6.07) is 9.32. The first-order chi connectivity index (χ1) is 13.3. The van der Waals surface area contributed by atoms with E-state index in [1.54, 1.807) is 0 Å². The van der Waals surface area contributed by atoms with Crippen LogP contribution in [0.1, 0.15) is 12.0 Å². The number of hydrogen-bond acceptors (Lipinski definition) is 4. The summed E-state index contributed by atoms with van der Waals surface area (Å²) in [5.74, 6) is -2.26. The smallest absolute Gasteiger partial charge is 0.263 e. The Morgan fingerprint density at radius 2 is 1.89 bits per heavy atom. The second kappa shape index (κ2) is 6.71. The van der Waals surface area contributed by atoms with Gasteiger partial charge in [-0.3, -0.25) is 14.6 Å². The number of nitrogens with zero attached hydrogens (tertiary/aromatic N) is 1. The molecule has 1 amide bonds. The molecule has 0 atom stereocenters. The van der Waals surface area contributed by atoms with E-state index in [0.717, 1.165) is 6.07 Å². The predicted molar refractivity (Wildman–Crippen MR) is 98.1 cm³/mol. The number of carbonyl (C=O) groups is 1. The maximum atomic E-state index is 13.9. The van der Waals surface area contributed by atoms with Gasteiger partial charge in [0.25, 0.3) is 10.0 Å². The molecule has 0 aliphatic carbocycles. The van der Waals surface area contributed by atoms with Gasteiger partial charge in [0.05, 0.1) is 10.6 Å². The molecule has 1 aromatic heterocycles. The highest BCUT2D eigenvalue weighted by molar-refractivity contribution is 7.92. The number of aromatic nitrogens is 2. The van der Waals surface area contributed by atoms with Crippen molar-refractivity contribution in [2.24, 2.45) is 0 Å². The molecule has 3 N–H and O–H groups in total. The van der Waals surface area contributed by atoms with Crippen LogP contribution in [0.3, 0.4) is 0 Å². The lowest BCUT2D eigenvalue weighted by molar-refractivity contribution is -0.116. The van der Waals surface area contributed by atoms with Crippen molar-refractivity contribution in [3.05, 3.63) is 59.7 Å². The largest absolute Gasteiger partial charge is 0.326 e. The van der Waals surface area contributed by atoms with Gasteiger partial charge < -0.3 is 5.32 Å². The van der Waals surface area contributed by atoms with E-state index in [1.165, 1.54) is 36.4 Å². The first-order valence-corrected chi connectivity index (χ1v) is 9.77. The maximum absolute atomic E-state index is 13.9. The molecule has 2 aromatic carbocycles. The Balaban J connectivity index is 1.60. The molecule has 0 saturated carbocycles. The third-order valence-corrected chi connectivity index (χ3v) is 5.69. The van der Waals surface area contributed by atoms with E-state index in [2.05, 4.69) is 20.2 Å². The summed E-state index contributed by atoms with van der Waals surface area (Å²) in [6.45, 7) is 0. The second-order valence-corrected chi connectivity index (χ2v) is 7.92. The van der Waals surface area contributed by atoms with Crippen molar-refractivity contribution in [3.8, 4) is 11.3 Å². The zero-order valence-corrected chi connectivity index (χ0v) is 15.1. The molecule has 0 radical (unpaired) electrons. The summed E-state index contributed by atoms with van der Waals surface area (Å²) in [5, 5.41) is 8.98. The quantitative estimate of drug-likeness (QED) is 0.622. The Hall–Kier alpha value is -3.27. The van der Waals surface area contributed by atoms with E-state index in [1.807, 2.05) is 0 Å². The summed E-state index contributed by atoms with van der Waals surface area (Å²) in [7, 11) is -3.96. The number of amides is 1. The molecular formula is C18H14F2N4O3S. The third kappa shape index (κ3) is 3.33. The minimum absolute atomic E-state index is 0.00360. The summed E-state index contributed by atoms with van der Waals surface area (Å²) in [4.78, 5) is 11.4. The lowest BCUT2D eigenvalue weighted by Crippen LogP contribution is -2.20. The highest BCUT2D eigenvalue weighted by Gasteiger charge is 2.21. The zero-order valence-electron chi connectivity index (χ0n) is 14.3. The van der Waals surface area contributed by atoms with Crippen molar-refractivity contribution in [2.75, 3.05) is 10.0 Å². The molecule has 1 aliphatic heterocycles. The molecular weight excluding hydrogens is 390 g/mol. The second-order valence-electron chi connectivity index (χ2n) is 6.24. The van der Waals surface area contributed by atoms with E-state index in [0.29, 0.717) is 17.7 Å². The topological polar surface area (TPSA) is 104 Å². The summed E-state index contributed by atoms with van der Waals surface area (Å²) < 4.78 is 54.8. The van der Waals surface area contributed by atoms with Gasteiger partial charge in [-0.15, -0.1) is 0 Å². The number of hydrogen-bond donors (Lipinski definition) is 3. The predicted octanol–water partition coefficient (Wildman–Crippen LogP) is 3.04. The summed E-state index contributed by atoms with van der Waals surface area (Å²) in [5.41, 5.74) is 1.36. The van der Waals surface area contributed by atoms with Gasteiger partial charge in [0.2, 0.25) is 5.91 Å². The highest BCUT2D eigenvalue weighted by atomic mass is 32.2. The molecule has 0 saturated heterocycles. The molecule has 0 spiro atoms. The van der Waals surface area contributed by atoms with Gasteiger partial charge >= 0.3 is 0 Å². The molecule has 1 aliphatic rings. The van der Waals surface area contributed by atoms with Gasteiger partial charge in [-0.1, -0.05) is 6.07 Å². The van der Waals surface area contributed by atoms with Crippen LogP contribution in [0.5, 0.6) is 0 Å². The number of nitrogens with one attached hydrogen (secondary N) is 3. The van der Waals surface area contributed by atoms with E-state index in [9.17, 15) is 22.0 Å². The number of fused-ring (bicyclic) bond motifs is 1. The fourth-order valence-corrected chi connectivity index (χ4v) is 3.99. The molecule has 28 heavy (non-hydrogen) atoms. The van der Waals surface area contributed by atoms with Gasteiger partial charge in [0, 0.05) is 23.7 Å². The Bertz CT molecular complexity index is 1190. The van der Waals surface area contributed by atoms with Crippen molar-refractivity contribution in [2.45, 2.75) is 17.7 Å². The van der Waals surface area contributed by atoms with Crippen LogP contribution in [0.2, 0.25) is 0 Å². The highest BCUT2D eigenvalue weighted by Crippen LogP contribution is 2.28. The van der Waals surface area contributed by atoms with Gasteiger partial charge in [-0.05, 0) is 42.3 Å². The summed E-state index contributed by atoms with van der Waals surface area (Å²) >= 11 is 0. The average molecular weight is 404 g/mol. The molecule has 0 bridgehead atoms. The molecule has 144 valence electrons. The number of aromatic amines is 1. The SMILES string of the molecule is O=C1CCc2cc(S(=O)(=O)Nc3cc(-c4cccc(F)c4F)[nH]n3)ccc2N1. The lowest BCUT2D eigenvalue weighted by Gasteiger charge is -2.17. The number of aryl methyl sites for hydroxylation is 1. The van der Waals surface area contributed by atoms with Gasteiger partial charge in [0.1, 0.15) is 0 Å². The number of H-pyrrole nitrogens is 1. The molecule has 10 heteroatoms. The van der Waals surface area contributed by atoms with Crippen molar-refractivity contribution in [1.29, 1.82) is 0 Å². The molecule has 4 rings (SSSR count). The number of halogens is 2. The van der Waals surface area contributed by atoms with Crippen LogP contribution >= 0.6 is 0 Å². The van der Waals surface area contributed by atoms with Crippen LogP contribution in [-0.2, 0) is 21.2 Å². The van der Waals surface area contributed by atoms with Gasteiger partial charge in [-0.25, -0.2) is 17.2 Å². The Labute approximate surface area is 158 Å². The minimum atomic E-state index is -3.96. The van der Waals surface area contributed by atoms with E-state index in [4.69, 9.17) is 0 Å². The van der Waals surface area contributed by atoms with E-state index >= 15 is 0 Å². The lowest BCUT2D eigenvalue weighted by atomic mass is 10.0. The Morgan fingerprint density at radius 1 is 1.07 bits per heavy atom. The number of benzene rings is 2. The fourth-order valence-electron chi connectivity index (χ4n) is 2.95. The number of rotatable bonds is 4. The van der Waals surface area contributed by atoms with Crippen LogP contribution in [0.4, 0.5) is 20.3 Å². The van der Waals surface area contributed by atoms with Gasteiger partial charge in [0.15, 0.2) is 17.5 Å².